The monoisotopic (exact) mass is 464 g/mol. The second-order valence-corrected chi connectivity index (χ2v) is 8.31. The highest BCUT2D eigenvalue weighted by atomic mass is 79.9. The molecule has 0 saturated carbocycles. The summed E-state index contributed by atoms with van der Waals surface area (Å²) in [6.07, 6.45) is -4.68. The Morgan fingerprint density at radius 1 is 1.15 bits per heavy atom. The molecule has 5 nitrogen and oxygen atoms in total. The fourth-order valence-electron chi connectivity index (χ4n) is 2.25. The highest BCUT2D eigenvalue weighted by Gasteiger charge is 2.30. The van der Waals surface area contributed by atoms with Crippen LogP contribution < -0.4 is 10.0 Å². The smallest absolute Gasteiger partial charge is 0.345 e. The number of benzene rings is 2. The van der Waals surface area contributed by atoms with Crippen molar-refractivity contribution in [3.05, 3.63) is 64.1 Å². The summed E-state index contributed by atoms with van der Waals surface area (Å²) < 4.78 is 63.0. The van der Waals surface area contributed by atoms with Crippen molar-refractivity contribution in [2.45, 2.75) is 24.0 Å². The van der Waals surface area contributed by atoms with E-state index in [9.17, 15) is 26.4 Å². The van der Waals surface area contributed by atoms with Gasteiger partial charge in [-0.1, -0.05) is 40.2 Å². The Labute approximate surface area is 163 Å². The highest BCUT2D eigenvalue weighted by molar-refractivity contribution is 9.10. The van der Waals surface area contributed by atoms with E-state index in [4.69, 9.17) is 0 Å². The molecule has 0 heterocycles. The van der Waals surface area contributed by atoms with Gasteiger partial charge in [0.1, 0.15) is 6.54 Å². The summed E-state index contributed by atoms with van der Waals surface area (Å²) >= 11 is 3.38. The second-order valence-electron chi connectivity index (χ2n) is 5.68. The lowest BCUT2D eigenvalue weighted by Crippen LogP contribution is -2.34. The molecule has 0 spiro atoms. The lowest BCUT2D eigenvalue weighted by atomic mass is 10.1. The molecule has 27 heavy (non-hydrogen) atoms. The topological polar surface area (TPSA) is 75.3 Å². The van der Waals surface area contributed by atoms with E-state index in [1.807, 2.05) is 24.3 Å². The zero-order valence-electron chi connectivity index (χ0n) is 14.0. The zero-order valence-corrected chi connectivity index (χ0v) is 16.5. The maximum atomic E-state index is 12.4. The lowest BCUT2D eigenvalue weighted by molar-refractivity contribution is -0.121. The van der Waals surface area contributed by atoms with Crippen molar-refractivity contribution in [2.75, 3.05) is 6.54 Å². The van der Waals surface area contributed by atoms with Crippen molar-refractivity contribution < 1.29 is 26.4 Å². The van der Waals surface area contributed by atoms with E-state index in [-0.39, 0.29) is 11.6 Å². The Bertz CT molecular complexity index is 933. The van der Waals surface area contributed by atoms with Gasteiger partial charge in [-0.3, -0.25) is 4.79 Å². The van der Waals surface area contributed by atoms with E-state index in [0.29, 0.717) is 0 Å². The molecule has 10 heteroatoms. The van der Waals surface area contributed by atoms with Gasteiger partial charge in [0.2, 0.25) is 10.0 Å². The molecule has 2 rings (SSSR count). The summed E-state index contributed by atoms with van der Waals surface area (Å²) in [5.74, 6) is -0.550. The third-order valence-corrected chi connectivity index (χ3v) is 5.71. The van der Waals surface area contributed by atoms with Crippen molar-refractivity contribution in [3.63, 3.8) is 0 Å². The zero-order chi connectivity index (χ0) is 20.2. The Hall–Kier alpha value is -1.91. The first-order valence-electron chi connectivity index (χ1n) is 7.71. The number of hydrogen-bond donors (Lipinski definition) is 2. The SMILES string of the molecule is CC(NC(=O)c1cccc(S(=O)(=O)NCC(F)(F)F)c1)c1ccccc1Br. The Morgan fingerprint density at radius 2 is 1.81 bits per heavy atom. The largest absolute Gasteiger partial charge is 0.402 e. The highest BCUT2D eigenvalue weighted by Crippen LogP contribution is 2.23. The van der Waals surface area contributed by atoms with E-state index in [2.05, 4.69) is 21.2 Å². The average molecular weight is 465 g/mol. The number of sulfonamides is 1. The summed E-state index contributed by atoms with van der Waals surface area (Å²) in [5, 5.41) is 2.72. The minimum Gasteiger partial charge on any atom is -0.345 e. The van der Waals surface area contributed by atoms with Crippen LogP contribution in [-0.4, -0.2) is 27.0 Å². The molecule has 0 aliphatic heterocycles. The van der Waals surface area contributed by atoms with Gasteiger partial charge in [0.25, 0.3) is 5.91 Å². The molecule has 1 amide bonds. The van der Waals surface area contributed by atoms with Crippen molar-refractivity contribution in [2.24, 2.45) is 0 Å². The minimum absolute atomic E-state index is 0.0174. The van der Waals surface area contributed by atoms with Gasteiger partial charge in [-0.15, -0.1) is 0 Å². The summed E-state index contributed by atoms with van der Waals surface area (Å²) in [6.45, 7) is 0.0638. The van der Waals surface area contributed by atoms with Crippen LogP contribution in [0.4, 0.5) is 13.2 Å². The third kappa shape index (κ3) is 6.05. The first kappa shape index (κ1) is 21.4. The Balaban J connectivity index is 2.17. The minimum atomic E-state index is -4.68. The van der Waals surface area contributed by atoms with Gasteiger partial charge in [-0.05, 0) is 36.8 Å². The molecule has 0 bridgehead atoms. The molecule has 1 atom stereocenters. The van der Waals surface area contributed by atoms with Crippen LogP contribution in [0.25, 0.3) is 0 Å². The molecule has 0 fully saturated rings. The fourth-order valence-corrected chi connectivity index (χ4v) is 3.94. The van der Waals surface area contributed by atoms with Crippen LogP contribution in [-0.2, 0) is 10.0 Å². The molecule has 0 aliphatic carbocycles. The van der Waals surface area contributed by atoms with Gasteiger partial charge in [-0.25, -0.2) is 13.1 Å². The molecular weight excluding hydrogens is 449 g/mol. The van der Waals surface area contributed by atoms with E-state index >= 15 is 0 Å². The van der Waals surface area contributed by atoms with Gasteiger partial charge in [0.15, 0.2) is 0 Å². The molecular formula is C17H16BrF3N2O3S. The van der Waals surface area contributed by atoms with Gasteiger partial charge in [0.05, 0.1) is 10.9 Å². The number of hydrogen-bond acceptors (Lipinski definition) is 3. The van der Waals surface area contributed by atoms with Crippen LogP contribution in [0, 0.1) is 0 Å². The van der Waals surface area contributed by atoms with E-state index in [0.717, 1.165) is 22.2 Å². The van der Waals surface area contributed by atoms with Gasteiger partial charge in [-0.2, -0.15) is 13.2 Å². The molecule has 1 unspecified atom stereocenters. The summed E-state index contributed by atoms with van der Waals surface area (Å²) in [7, 11) is -4.39. The quantitative estimate of drug-likeness (QED) is 0.682. The average Bonchev–Trinajstić information content (AvgIpc) is 2.60. The molecule has 2 aromatic rings. The van der Waals surface area contributed by atoms with Gasteiger partial charge < -0.3 is 5.32 Å². The van der Waals surface area contributed by atoms with Crippen molar-refractivity contribution in [1.29, 1.82) is 0 Å². The van der Waals surface area contributed by atoms with Gasteiger partial charge >= 0.3 is 6.18 Å². The number of rotatable bonds is 6. The van der Waals surface area contributed by atoms with Crippen LogP contribution >= 0.6 is 15.9 Å². The van der Waals surface area contributed by atoms with Crippen molar-refractivity contribution in [1.82, 2.24) is 10.0 Å². The Morgan fingerprint density at radius 3 is 2.44 bits per heavy atom. The van der Waals surface area contributed by atoms with Crippen LogP contribution in [0.15, 0.2) is 57.9 Å². The van der Waals surface area contributed by atoms with Crippen LogP contribution in [0.3, 0.4) is 0 Å². The molecule has 0 radical (unpaired) electrons. The number of amides is 1. The number of alkyl halides is 3. The Kier molecular flexibility index (Phi) is 6.66. The molecule has 2 N–H and O–H groups in total. The van der Waals surface area contributed by atoms with Crippen LogP contribution in [0.1, 0.15) is 28.9 Å². The first-order valence-corrected chi connectivity index (χ1v) is 9.99. The summed E-state index contributed by atoms with van der Waals surface area (Å²) in [5.41, 5.74) is 0.838. The maximum absolute atomic E-state index is 12.4. The number of halogens is 4. The second kappa shape index (κ2) is 8.41. The molecule has 146 valence electrons. The number of nitrogens with one attached hydrogen (secondary N) is 2. The maximum Gasteiger partial charge on any atom is 0.402 e. The molecule has 0 saturated heterocycles. The van der Waals surface area contributed by atoms with Crippen molar-refractivity contribution in [3.8, 4) is 0 Å². The predicted molar refractivity (Wildman–Crippen MR) is 97.7 cm³/mol. The third-order valence-electron chi connectivity index (χ3n) is 3.59. The normalized spacial score (nSPS) is 13.2. The van der Waals surface area contributed by atoms with Crippen molar-refractivity contribution >= 4 is 31.9 Å². The van der Waals surface area contributed by atoms with Crippen LogP contribution in [0.5, 0.6) is 0 Å². The summed E-state index contributed by atoms with van der Waals surface area (Å²) in [6, 6.07) is 11.7. The summed E-state index contributed by atoms with van der Waals surface area (Å²) in [4.78, 5) is 12.0. The van der Waals surface area contributed by atoms with E-state index in [1.165, 1.54) is 16.9 Å². The number of carbonyl (C=O) groups is 1. The van der Waals surface area contributed by atoms with E-state index in [1.54, 1.807) is 6.92 Å². The molecule has 0 aromatic heterocycles. The fraction of sp³-hybridized carbons (Fsp3) is 0.235. The van der Waals surface area contributed by atoms with Crippen LogP contribution in [0.2, 0.25) is 0 Å². The standard InChI is InChI=1S/C17H16BrF3N2O3S/c1-11(14-7-2-3-8-15(14)18)23-16(24)12-5-4-6-13(9-12)27(25,26)22-10-17(19,20)21/h2-9,11,22H,10H2,1H3,(H,23,24). The van der Waals surface area contributed by atoms with E-state index < -0.39 is 33.5 Å². The van der Waals surface area contributed by atoms with Gasteiger partial charge in [0, 0.05) is 10.0 Å². The predicted octanol–water partition coefficient (Wildman–Crippen LogP) is 3.78. The first-order chi connectivity index (χ1) is 12.5. The lowest BCUT2D eigenvalue weighted by Gasteiger charge is -2.16. The number of carbonyl (C=O) groups excluding carboxylic acids is 1. The molecule has 2 aromatic carbocycles. The molecule has 0 aliphatic rings.